The van der Waals surface area contributed by atoms with E-state index in [1.54, 1.807) is 18.2 Å². The molecular formula is C24H17N3O2. The number of phenolic OH excluding ortho intramolecular Hbond substituents is 1. The molecule has 0 spiro atoms. The molecule has 0 saturated carbocycles. The van der Waals surface area contributed by atoms with Crippen LogP contribution in [0, 0.1) is 0 Å². The Kier molecular flexibility index (Phi) is 4.06. The fourth-order valence-electron chi connectivity index (χ4n) is 3.44. The fourth-order valence-corrected chi connectivity index (χ4v) is 3.44. The maximum Gasteiger partial charge on any atom is 0.320 e. The standard InChI is InChI=1S/C24H17N3O2/c1-29-24-26-22(25-23(27-24)20-8-4-5-9-21(20)28)18-11-10-17-12-15-6-2-3-7-16(15)13-19(17)14-18/h2-14,28H,1H3. The maximum atomic E-state index is 10.2. The number of benzene rings is 4. The van der Waals surface area contributed by atoms with Crippen molar-refractivity contribution in [3.8, 4) is 34.5 Å². The SMILES string of the molecule is COc1nc(-c2ccc3cc4ccccc4cc3c2)nc(-c2ccccc2O)n1. The van der Waals surface area contributed by atoms with Gasteiger partial charge < -0.3 is 9.84 Å². The van der Waals surface area contributed by atoms with Crippen LogP contribution in [0.15, 0.2) is 78.9 Å². The van der Waals surface area contributed by atoms with Crippen LogP contribution in [0.5, 0.6) is 11.8 Å². The Balaban J connectivity index is 1.68. The van der Waals surface area contributed by atoms with Crippen LogP contribution in [0.25, 0.3) is 44.3 Å². The molecule has 0 aliphatic rings. The zero-order chi connectivity index (χ0) is 19.8. The Labute approximate surface area is 167 Å². The Morgan fingerprint density at radius 3 is 2.07 bits per heavy atom. The molecule has 29 heavy (non-hydrogen) atoms. The first-order valence-electron chi connectivity index (χ1n) is 9.23. The first-order chi connectivity index (χ1) is 14.2. The van der Waals surface area contributed by atoms with Crippen molar-refractivity contribution in [1.29, 1.82) is 0 Å². The first-order valence-corrected chi connectivity index (χ1v) is 9.23. The molecule has 5 aromatic rings. The van der Waals surface area contributed by atoms with Crippen LogP contribution in [-0.2, 0) is 0 Å². The molecule has 0 saturated heterocycles. The van der Waals surface area contributed by atoms with Crippen LogP contribution in [0.2, 0.25) is 0 Å². The van der Waals surface area contributed by atoms with E-state index in [0.29, 0.717) is 17.2 Å². The molecule has 5 heteroatoms. The van der Waals surface area contributed by atoms with Crippen LogP contribution in [0.4, 0.5) is 0 Å². The Morgan fingerprint density at radius 1 is 0.655 bits per heavy atom. The van der Waals surface area contributed by atoms with Crippen molar-refractivity contribution < 1.29 is 9.84 Å². The lowest BCUT2D eigenvalue weighted by Crippen LogP contribution is -2.00. The molecule has 0 amide bonds. The van der Waals surface area contributed by atoms with Gasteiger partial charge in [-0.1, -0.05) is 48.5 Å². The van der Waals surface area contributed by atoms with Gasteiger partial charge in [0.25, 0.3) is 0 Å². The van der Waals surface area contributed by atoms with E-state index in [9.17, 15) is 5.11 Å². The van der Waals surface area contributed by atoms with Crippen molar-refractivity contribution in [2.45, 2.75) is 0 Å². The highest BCUT2D eigenvalue weighted by Gasteiger charge is 2.13. The first kappa shape index (κ1) is 17.1. The number of nitrogens with zero attached hydrogens (tertiary/aromatic N) is 3. The Morgan fingerprint density at radius 2 is 1.31 bits per heavy atom. The number of phenols is 1. The second kappa shape index (κ2) is 6.87. The summed E-state index contributed by atoms with van der Waals surface area (Å²) in [7, 11) is 1.51. The number of fused-ring (bicyclic) bond motifs is 2. The molecule has 5 rings (SSSR count). The second-order valence-electron chi connectivity index (χ2n) is 6.75. The van der Waals surface area contributed by atoms with Crippen molar-refractivity contribution in [3.05, 3.63) is 78.9 Å². The van der Waals surface area contributed by atoms with Gasteiger partial charge in [0.1, 0.15) is 5.75 Å². The average Bonchev–Trinajstić information content (AvgIpc) is 2.77. The van der Waals surface area contributed by atoms with Gasteiger partial charge in [0.2, 0.25) is 0 Å². The lowest BCUT2D eigenvalue weighted by atomic mass is 10.0. The molecule has 140 valence electrons. The smallest absolute Gasteiger partial charge is 0.320 e. The monoisotopic (exact) mass is 379 g/mol. The van der Waals surface area contributed by atoms with Gasteiger partial charge >= 0.3 is 6.01 Å². The second-order valence-corrected chi connectivity index (χ2v) is 6.75. The molecule has 0 aliphatic carbocycles. The third-order valence-electron chi connectivity index (χ3n) is 4.91. The highest BCUT2D eigenvalue weighted by molar-refractivity contribution is 5.99. The zero-order valence-electron chi connectivity index (χ0n) is 15.7. The minimum absolute atomic E-state index is 0.108. The van der Waals surface area contributed by atoms with E-state index in [2.05, 4.69) is 51.4 Å². The molecule has 0 fully saturated rings. The third-order valence-corrected chi connectivity index (χ3v) is 4.91. The number of aromatic hydroxyl groups is 1. The Hall–Kier alpha value is -3.99. The van der Waals surface area contributed by atoms with Crippen molar-refractivity contribution in [2.75, 3.05) is 7.11 Å². The van der Waals surface area contributed by atoms with E-state index in [4.69, 9.17) is 4.74 Å². The molecule has 4 aromatic carbocycles. The largest absolute Gasteiger partial charge is 0.507 e. The highest BCUT2D eigenvalue weighted by Crippen LogP contribution is 2.30. The van der Waals surface area contributed by atoms with Crippen molar-refractivity contribution in [3.63, 3.8) is 0 Å². The zero-order valence-corrected chi connectivity index (χ0v) is 15.7. The van der Waals surface area contributed by atoms with Gasteiger partial charge in [-0.25, -0.2) is 4.98 Å². The van der Waals surface area contributed by atoms with Crippen LogP contribution in [0.1, 0.15) is 0 Å². The number of rotatable bonds is 3. The van der Waals surface area contributed by atoms with Crippen LogP contribution in [-0.4, -0.2) is 27.2 Å². The van der Waals surface area contributed by atoms with E-state index in [0.717, 1.165) is 16.3 Å². The summed E-state index contributed by atoms with van der Waals surface area (Å²) in [6.07, 6.45) is 0. The molecule has 1 aromatic heterocycles. The number of para-hydroxylation sites is 1. The topological polar surface area (TPSA) is 68.1 Å². The number of ether oxygens (including phenoxy) is 1. The third kappa shape index (κ3) is 3.12. The van der Waals surface area contributed by atoms with Gasteiger partial charge in [-0.15, -0.1) is 0 Å². The van der Waals surface area contributed by atoms with Gasteiger partial charge in [0.15, 0.2) is 11.6 Å². The van der Waals surface area contributed by atoms with Gasteiger partial charge in [0, 0.05) is 5.56 Å². The molecule has 0 radical (unpaired) electrons. The van der Waals surface area contributed by atoms with E-state index < -0.39 is 0 Å². The van der Waals surface area contributed by atoms with Crippen molar-refractivity contribution >= 4 is 21.5 Å². The number of aromatic nitrogens is 3. The maximum absolute atomic E-state index is 10.2. The molecule has 0 aliphatic heterocycles. The van der Waals surface area contributed by atoms with Crippen LogP contribution >= 0.6 is 0 Å². The molecule has 1 heterocycles. The number of hydrogen-bond acceptors (Lipinski definition) is 5. The molecule has 5 nitrogen and oxygen atoms in total. The summed E-state index contributed by atoms with van der Waals surface area (Å²) in [6.45, 7) is 0. The molecular weight excluding hydrogens is 362 g/mol. The highest BCUT2D eigenvalue weighted by atomic mass is 16.5. The molecule has 1 N–H and O–H groups in total. The van der Waals surface area contributed by atoms with Gasteiger partial charge in [-0.3, -0.25) is 0 Å². The summed E-state index contributed by atoms with van der Waals surface area (Å²) in [5.41, 5.74) is 1.38. The predicted octanol–water partition coefficient (Wildman–Crippen LogP) is 5.23. The molecule has 0 bridgehead atoms. The minimum atomic E-state index is 0.108. The quantitative estimate of drug-likeness (QED) is 0.435. The van der Waals surface area contributed by atoms with Gasteiger partial charge in [0.05, 0.1) is 12.7 Å². The number of hydrogen-bond donors (Lipinski definition) is 1. The predicted molar refractivity (Wildman–Crippen MR) is 114 cm³/mol. The van der Waals surface area contributed by atoms with Crippen molar-refractivity contribution in [1.82, 2.24) is 15.0 Å². The van der Waals surface area contributed by atoms with Crippen LogP contribution < -0.4 is 4.74 Å². The lowest BCUT2D eigenvalue weighted by Gasteiger charge is -2.09. The molecule has 0 unspecified atom stereocenters. The molecule has 0 atom stereocenters. The van der Waals surface area contributed by atoms with E-state index >= 15 is 0 Å². The summed E-state index contributed by atoms with van der Waals surface area (Å²) in [5.74, 6) is 0.963. The van der Waals surface area contributed by atoms with E-state index in [1.807, 2.05) is 24.3 Å². The lowest BCUT2D eigenvalue weighted by molar-refractivity contribution is 0.379. The normalized spacial score (nSPS) is 11.1. The van der Waals surface area contributed by atoms with Crippen LogP contribution in [0.3, 0.4) is 0 Å². The average molecular weight is 379 g/mol. The van der Waals surface area contributed by atoms with Gasteiger partial charge in [-0.2, -0.15) is 9.97 Å². The van der Waals surface area contributed by atoms with E-state index in [-0.39, 0.29) is 11.8 Å². The summed E-state index contributed by atoms with van der Waals surface area (Å²) in [6, 6.07) is 25.9. The van der Waals surface area contributed by atoms with E-state index in [1.165, 1.54) is 17.9 Å². The number of methoxy groups -OCH3 is 1. The fraction of sp³-hybridized carbons (Fsp3) is 0.0417. The summed E-state index contributed by atoms with van der Waals surface area (Å²) in [5, 5.41) is 14.8. The summed E-state index contributed by atoms with van der Waals surface area (Å²) in [4.78, 5) is 13.3. The van der Waals surface area contributed by atoms with Crippen molar-refractivity contribution in [2.24, 2.45) is 0 Å². The van der Waals surface area contributed by atoms with Gasteiger partial charge in [-0.05, 0) is 51.9 Å². The Bertz CT molecular complexity index is 1370. The summed E-state index contributed by atoms with van der Waals surface area (Å²) < 4.78 is 5.28. The minimum Gasteiger partial charge on any atom is -0.507 e. The summed E-state index contributed by atoms with van der Waals surface area (Å²) >= 11 is 0.